The Kier molecular flexibility index (Phi) is 10.9. The number of ether oxygens (including phenoxy) is 1. The summed E-state index contributed by atoms with van der Waals surface area (Å²) >= 11 is 1.92. The van der Waals surface area contributed by atoms with Crippen molar-refractivity contribution in [2.24, 2.45) is 0 Å². The topological polar surface area (TPSA) is 15.7 Å². The Balaban J connectivity index is 0.000000194. The molecule has 2 fully saturated rings. The van der Waals surface area contributed by atoms with E-state index in [2.05, 4.69) is 53.4 Å². The van der Waals surface area contributed by atoms with Gasteiger partial charge in [0.25, 0.3) is 0 Å². The minimum Gasteiger partial charge on any atom is -0.369 e. The molecule has 1 unspecified atom stereocenters. The molecule has 2 heterocycles. The summed E-state index contributed by atoms with van der Waals surface area (Å²) in [6.45, 7) is 7.18. The van der Waals surface area contributed by atoms with Gasteiger partial charge in [-0.3, -0.25) is 0 Å². The van der Waals surface area contributed by atoms with E-state index in [1.165, 1.54) is 68.6 Å². The molecule has 150 valence electrons. The number of likely N-dealkylation sites (tertiary alicyclic amines) is 1. The Morgan fingerprint density at radius 1 is 1.11 bits per heavy atom. The number of benzene rings is 1. The van der Waals surface area contributed by atoms with E-state index < -0.39 is 0 Å². The standard InChI is InChI=1S/C12H17NS.C11H19NO/c1-11-7-3-4-8-12(11)14-13-9-5-2-6-10-13;1-3-9-13-10-7-11-6-4-5-8-12(11)2/h3-4,7-8H,2,5-6,9-10H2,1H3;1,11H,4-10H2,2H3. The van der Waals surface area contributed by atoms with Crippen LogP contribution in [0.5, 0.6) is 0 Å². The molecule has 0 saturated carbocycles. The van der Waals surface area contributed by atoms with Crippen LogP contribution in [-0.4, -0.2) is 55.1 Å². The lowest BCUT2D eigenvalue weighted by Gasteiger charge is -2.32. The zero-order valence-electron chi connectivity index (χ0n) is 17.2. The van der Waals surface area contributed by atoms with E-state index in [1.807, 2.05) is 11.9 Å². The van der Waals surface area contributed by atoms with Crippen LogP contribution in [0.1, 0.15) is 50.5 Å². The van der Waals surface area contributed by atoms with Crippen molar-refractivity contribution in [3.63, 3.8) is 0 Å². The lowest BCUT2D eigenvalue weighted by molar-refractivity contribution is 0.109. The second kappa shape index (κ2) is 13.2. The number of aryl methyl sites for hydroxylation is 1. The first kappa shape index (κ1) is 22.3. The molecule has 0 spiro atoms. The van der Waals surface area contributed by atoms with Crippen molar-refractivity contribution in [1.29, 1.82) is 0 Å². The van der Waals surface area contributed by atoms with Crippen molar-refractivity contribution < 1.29 is 4.74 Å². The Morgan fingerprint density at radius 2 is 1.85 bits per heavy atom. The van der Waals surface area contributed by atoms with Crippen LogP contribution in [0.25, 0.3) is 0 Å². The summed E-state index contributed by atoms with van der Waals surface area (Å²) in [4.78, 5) is 3.84. The average Bonchev–Trinajstić information content (AvgIpc) is 2.70. The van der Waals surface area contributed by atoms with Gasteiger partial charge >= 0.3 is 0 Å². The van der Waals surface area contributed by atoms with Crippen molar-refractivity contribution >= 4 is 11.9 Å². The zero-order valence-corrected chi connectivity index (χ0v) is 18.0. The SMILES string of the molecule is C#CCOCCC1CCCCN1C.Cc1ccccc1SN1CCCCC1. The number of terminal acetylenes is 1. The molecule has 0 N–H and O–H groups in total. The van der Waals surface area contributed by atoms with Gasteiger partial charge in [0.15, 0.2) is 0 Å². The summed E-state index contributed by atoms with van der Waals surface area (Å²) in [5.41, 5.74) is 1.39. The molecular weight excluding hydrogens is 352 g/mol. The third kappa shape index (κ3) is 8.70. The first-order valence-electron chi connectivity index (χ1n) is 10.4. The van der Waals surface area contributed by atoms with E-state index in [9.17, 15) is 0 Å². The second-order valence-corrected chi connectivity index (χ2v) is 8.66. The van der Waals surface area contributed by atoms with E-state index in [0.717, 1.165) is 13.0 Å². The largest absolute Gasteiger partial charge is 0.369 e. The molecule has 1 aromatic rings. The molecule has 0 bridgehead atoms. The minimum atomic E-state index is 0.455. The highest BCUT2D eigenvalue weighted by Crippen LogP contribution is 2.28. The summed E-state index contributed by atoms with van der Waals surface area (Å²) in [5.74, 6) is 2.48. The quantitative estimate of drug-likeness (QED) is 0.387. The molecule has 0 aromatic heterocycles. The van der Waals surface area contributed by atoms with Crippen molar-refractivity contribution in [2.45, 2.75) is 62.8 Å². The van der Waals surface area contributed by atoms with Crippen LogP contribution in [-0.2, 0) is 4.74 Å². The third-order valence-electron chi connectivity index (χ3n) is 5.34. The molecule has 0 aliphatic carbocycles. The predicted molar refractivity (Wildman–Crippen MR) is 117 cm³/mol. The number of rotatable bonds is 6. The van der Waals surface area contributed by atoms with E-state index in [4.69, 9.17) is 11.2 Å². The van der Waals surface area contributed by atoms with Crippen LogP contribution in [0, 0.1) is 19.3 Å². The molecule has 4 heteroatoms. The molecule has 2 aliphatic heterocycles. The monoisotopic (exact) mass is 388 g/mol. The summed E-state index contributed by atoms with van der Waals surface area (Å²) in [7, 11) is 2.20. The number of hydrogen-bond donors (Lipinski definition) is 0. The number of nitrogens with zero attached hydrogens (tertiary/aromatic N) is 2. The number of hydrogen-bond acceptors (Lipinski definition) is 4. The highest BCUT2D eigenvalue weighted by atomic mass is 32.2. The van der Waals surface area contributed by atoms with Crippen LogP contribution in [0.2, 0.25) is 0 Å². The summed E-state index contributed by atoms with van der Waals surface area (Å²) < 4.78 is 7.76. The van der Waals surface area contributed by atoms with Crippen LogP contribution in [0.3, 0.4) is 0 Å². The fourth-order valence-corrected chi connectivity index (χ4v) is 4.68. The second-order valence-electron chi connectivity index (χ2n) is 7.52. The lowest BCUT2D eigenvalue weighted by atomic mass is 10.0. The summed E-state index contributed by atoms with van der Waals surface area (Å²) in [5, 5.41) is 0. The molecule has 27 heavy (non-hydrogen) atoms. The number of piperidine rings is 2. The average molecular weight is 389 g/mol. The van der Waals surface area contributed by atoms with Gasteiger partial charge < -0.3 is 9.64 Å². The molecule has 3 nitrogen and oxygen atoms in total. The van der Waals surface area contributed by atoms with Gasteiger partial charge in [0.1, 0.15) is 6.61 Å². The molecular formula is C23H36N2OS. The van der Waals surface area contributed by atoms with E-state index >= 15 is 0 Å². The van der Waals surface area contributed by atoms with Gasteiger partial charge in [-0.05, 0) is 76.2 Å². The van der Waals surface area contributed by atoms with Crippen molar-refractivity contribution in [2.75, 3.05) is 39.9 Å². The summed E-state index contributed by atoms with van der Waals surface area (Å²) in [6.07, 6.45) is 14.4. The molecule has 2 aliphatic rings. The van der Waals surface area contributed by atoms with Gasteiger partial charge in [0.05, 0.1) is 0 Å². The maximum atomic E-state index is 5.27. The third-order valence-corrected chi connectivity index (χ3v) is 6.62. The van der Waals surface area contributed by atoms with Gasteiger partial charge in [0, 0.05) is 30.6 Å². The maximum absolute atomic E-state index is 5.27. The maximum Gasteiger partial charge on any atom is 0.107 e. The normalized spacial score (nSPS) is 21.1. The van der Waals surface area contributed by atoms with Gasteiger partial charge in [0.2, 0.25) is 0 Å². The van der Waals surface area contributed by atoms with Gasteiger partial charge in [-0.15, -0.1) is 6.42 Å². The first-order valence-corrected chi connectivity index (χ1v) is 11.2. The van der Waals surface area contributed by atoms with Crippen molar-refractivity contribution in [3.8, 4) is 12.3 Å². The van der Waals surface area contributed by atoms with Crippen LogP contribution >= 0.6 is 11.9 Å². The highest BCUT2D eigenvalue weighted by molar-refractivity contribution is 7.97. The predicted octanol–water partition coefficient (Wildman–Crippen LogP) is 5.00. The van der Waals surface area contributed by atoms with E-state index in [0.29, 0.717) is 12.6 Å². The fraction of sp³-hybridized carbons (Fsp3) is 0.652. The van der Waals surface area contributed by atoms with Gasteiger partial charge in [-0.2, -0.15) is 0 Å². The fourth-order valence-electron chi connectivity index (χ4n) is 3.61. The lowest BCUT2D eigenvalue weighted by Crippen LogP contribution is -2.36. The van der Waals surface area contributed by atoms with Crippen LogP contribution < -0.4 is 0 Å². The Morgan fingerprint density at radius 3 is 2.56 bits per heavy atom. The smallest absolute Gasteiger partial charge is 0.107 e. The molecule has 1 atom stereocenters. The molecule has 0 amide bonds. The van der Waals surface area contributed by atoms with Gasteiger partial charge in [-0.1, -0.05) is 37.0 Å². The Hall–Kier alpha value is -0.990. The van der Waals surface area contributed by atoms with E-state index in [-0.39, 0.29) is 0 Å². The van der Waals surface area contributed by atoms with Crippen LogP contribution in [0.15, 0.2) is 29.2 Å². The van der Waals surface area contributed by atoms with E-state index in [1.54, 1.807) is 0 Å². The van der Waals surface area contributed by atoms with Crippen molar-refractivity contribution in [1.82, 2.24) is 9.21 Å². The molecule has 3 rings (SSSR count). The minimum absolute atomic E-state index is 0.455. The molecule has 1 aromatic carbocycles. The molecule has 2 saturated heterocycles. The molecule has 0 radical (unpaired) electrons. The first-order chi connectivity index (χ1) is 13.2. The van der Waals surface area contributed by atoms with Gasteiger partial charge in [-0.25, -0.2) is 4.31 Å². The Bertz CT molecular complexity index is 566. The summed E-state index contributed by atoms with van der Waals surface area (Å²) in [6, 6.07) is 9.35. The van der Waals surface area contributed by atoms with Crippen LogP contribution in [0.4, 0.5) is 0 Å². The zero-order chi connectivity index (χ0) is 19.3. The van der Waals surface area contributed by atoms with Crippen molar-refractivity contribution in [3.05, 3.63) is 29.8 Å². The highest BCUT2D eigenvalue weighted by Gasteiger charge is 2.17. The Labute approximate surface area is 171 Å².